The van der Waals surface area contributed by atoms with E-state index in [-0.39, 0.29) is 21.1 Å². The molecule has 2 heterocycles. The molecule has 5 aromatic rings. The molecule has 0 radical (unpaired) electrons. The maximum absolute atomic E-state index is 4.66. The van der Waals surface area contributed by atoms with E-state index in [2.05, 4.69) is 135 Å². The maximum atomic E-state index is 4.66. The molecule has 2 nitrogen and oxygen atoms in total. The first-order valence-corrected chi connectivity index (χ1v) is 13.5. The molecule has 0 aliphatic carbocycles. The molecule has 3 aromatic carbocycles. The number of hydrogen-bond donors (Lipinski definition) is 0. The predicted molar refractivity (Wildman–Crippen MR) is 159 cm³/mol. The van der Waals surface area contributed by atoms with E-state index in [4.69, 9.17) is 0 Å². The van der Waals surface area contributed by atoms with Crippen molar-refractivity contribution in [1.82, 2.24) is 9.97 Å². The van der Waals surface area contributed by atoms with E-state index in [1.165, 1.54) is 11.1 Å². The Morgan fingerprint density at radius 3 is 1.36 bits per heavy atom. The van der Waals surface area contributed by atoms with Crippen molar-refractivity contribution in [2.75, 3.05) is 0 Å². The van der Waals surface area contributed by atoms with Gasteiger partial charge in [0.2, 0.25) is 0 Å². The summed E-state index contributed by atoms with van der Waals surface area (Å²) in [4.78, 5) is 9.32. The standard InChI is InChI=1S/C36H34N2.Pt/c1-25(2)19-27-15-17-37-35(21-27)31-11-7-9-29(23-31)33-13-5-6-14-34(33)30-10-8-12-32(24-30)36-22-28(16-18-38-36)20-26(3)4;/h5-18,21-22,25-26H,19-20H2,1-4H3;/q-2;+2. The van der Waals surface area contributed by atoms with Gasteiger partial charge in [0.15, 0.2) is 0 Å². The van der Waals surface area contributed by atoms with Crippen LogP contribution in [0.1, 0.15) is 38.8 Å². The Morgan fingerprint density at radius 1 is 0.538 bits per heavy atom. The quantitative estimate of drug-likeness (QED) is 0.152. The summed E-state index contributed by atoms with van der Waals surface area (Å²) < 4.78 is 0. The van der Waals surface area contributed by atoms with Gasteiger partial charge in [-0.3, -0.25) is 9.97 Å². The number of rotatable bonds is 8. The monoisotopic (exact) mass is 689 g/mol. The Morgan fingerprint density at radius 2 is 0.949 bits per heavy atom. The summed E-state index contributed by atoms with van der Waals surface area (Å²) in [6.07, 6.45) is 5.90. The Balaban J connectivity index is 0.00000353. The van der Waals surface area contributed by atoms with Gasteiger partial charge in [-0.15, -0.1) is 70.8 Å². The Bertz CT molecular complexity index is 1420. The first kappa shape index (κ1) is 28.7. The fourth-order valence-electron chi connectivity index (χ4n) is 4.94. The van der Waals surface area contributed by atoms with Crippen LogP contribution < -0.4 is 0 Å². The minimum absolute atomic E-state index is 0. The molecule has 0 atom stereocenters. The molecule has 0 amide bonds. The van der Waals surface area contributed by atoms with Gasteiger partial charge in [-0.2, -0.15) is 0 Å². The largest absolute Gasteiger partial charge is 2.00 e. The fraction of sp³-hybridized carbons (Fsp3) is 0.222. The molecule has 0 saturated carbocycles. The Labute approximate surface area is 247 Å². The van der Waals surface area contributed by atoms with Crippen LogP contribution in [0.25, 0.3) is 44.8 Å². The third kappa shape index (κ3) is 7.19. The summed E-state index contributed by atoms with van der Waals surface area (Å²) in [5.41, 5.74) is 10.9. The zero-order valence-corrected chi connectivity index (χ0v) is 25.3. The van der Waals surface area contributed by atoms with Crippen molar-refractivity contribution in [2.24, 2.45) is 11.8 Å². The number of hydrogen-bond acceptors (Lipinski definition) is 2. The van der Waals surface area contributed by atoms with Gasteiger partial charge < -0.3 is 0 Å². The topological polar surface area (TPSA) is 25.8 Å². The SMILES string of the molecule is CC(C)Cc1ccnc(-c2[c-]c(-c3ccccc3-c3[c-]c(-c4cc(CC(C)C)ccn4)ccc3)ccc2)c1.[Pt+2]. The van der Waals surface area contributed by atoms with Crippen molar-refractivity contribution in [3.8, 4) is 44.8 Å². The van der Waals surface area contributed by atoms with Crippen LogP contribution in [0.3, 0.4) is 0 Å². The molecule has 0 unspecified atom stereocenters. The fourth-order valence-corrected chi connectivity index (χ4v) is 4.94. The third-order valence-electron chi connectivity index (χ3n) is 6.59. The summed E-state index contributed by atoms with van der Waals surface area (Å²) in [6, 6.07) is 37.0. The third-order valence-corrected chi connectivity index (χ3v) is 6.59. The van der Waals surface area contributed by atoms with Crippen molar-refractivity contribution < 1.29 is 21.1 Å². The van der Waals surface area contributed by atoms with Crippen LogP contribution in [0.5, 0.6) is 0 Å². The normalized spacial score (nSPS) is 11.0. The minimum atomic E-state index is 0. The average Bonchev–Trinajstić information content (AvgIpc) is 2.93. The number of benzene rings is 3. The minimum Gasteiger partial charge on any atom is -0.295 e. The van der Waals surface area contributed by atoms with E-state index in [0.717, 1.165) is 57.6 Å². The molecule has 2 aromatic heterocycles. The molecule has 0 aliphatic heterocycles. The Kier molecular flexibility index (Phi) is 9.65. The van der Waals surface area contributed by atoms with Crippen LogP contribution >= 0.6 is 0 Å². The van der Waals surface area contributed by atoms with E-state index < -0.39 is 0 Å². The molecule has 39 heavy (non-hydrogen) atoms. The van der Waals surface area contributed by atoms with E-state index in [1.54, 1.807) is 0 Å². The first-order chi connectivity index (χ1) is 18.5. The first-order valence-electron chi connectivity index (χ1n) is 13.5. The summed E-state index contributed by atoms with van der Waals surface area (Å²) in [5.74, 6) is 1.21. The van der Waals surface area contributed by atoms with E-state index in [0.29, 0.717) is 11.8 Å². The van der Waals surface area contributed by atoms with Gasteiger partial charge in [0.1, 0.15) is 0 Å². The molecule has 0 fully saturated rings. The van der Waals surface area contributed by atoms with Gasteiger partial charge in [-0.25, -0.2) is 0 Å². The number of pyridine rings is 2. The van der Waals surface area contributed by atoms with Gasteiger partial charge in [-0.1, -0.05) is 86.3 Å². The van der Waals surface area contributed by atoms with Crippen molar-refractivity contribution in [3.63, 3.8) is 0 Å². The van der Waals surface area contributed by atoms with Gasteiger partial charge in [0.05, 0.1) is 0 Å². The van der Waals surface area contributed by atoms with E-state index in [9.17, 15) is 0 Å². The second-order valence-electron chi connectivity index (χ2n) is 10.8. The molecule has 0 N–H and O–H groups in total. The van der Waals surface area contributed by atoms with Gasteiger partial charge in [0.25, 0.3) is 0 Å². The van der Waals surface area contributed by atoms with Crippen molar-refractivity contribution in [2.45, 2.75) is 40.5 Å². The Hall–Kier alpha value is -3.35. The second kappa shape index (κ2) is 13.1. The molecule has 0 saturated heterocycles. The maximum Gasteiger partial charge on any atom is 2.00 e. The predicted octanol–water partition coefficient (Wildman–Crippen LogP) is 9.14. The molecule has 198 valence electrons. The van der Waals surface area contributed by atoms with E-state index >= 15 is 0 Å². The van der Waals surface area contributed by atoms with Gasteiger partial charge >= 0.3 is 21.1 Å². The van der Waals surface area contributed by atoms with Crippen LogP contribution in [-0.4, -0.2) is 9.97 Å². The van der Waals surface area contributed by atoms with Crippen LogP contribution in [0.2, 0.25) is 0 Å². The average molecular weight is 690 g/mol. The summed E-state index contributed by atoms with van der Waals surface area (Å²) in [7, 11) is 0. The molecule has 0 spiro atoms. The number of aromatic nitrogens is 2. The summed E-state index contributed by atoms with van der Waals surface area (Å²) >= 11 is 0. The smallest absolute Gasteiger partial charge is 0.295 e. The molecular weight excluding hydrogens is 655 g/mol. The molecule has 0 aliphatic rings. The zero-order valence-electron chi connectivity index (χ0n) is 23.0. The van der Waals surface area contributed by atoms with Crippen LogP contribution in [-0.2, 0) is 33.9 Å². The van der Waals surface area contributed by atoms with Gasteiger partial charge in [0, 0.05) is 23.8 Å². The number of nitrogens with zero attached hydrogens (tertiary/aromatic N) is 2. The van der Waals surface area contributed by atoms with E-state index in [1.807, 2.05) is 12.4 Å². The van der Waals surface area contributed by atoms with Crippen molar-refractivity contribution in [1.29, 1.82) is 0 Å². The summed E-state index contributed by atoms with van der Waals surface area (Å²) in [6.45, 7) is 8.98. The molecule has 3 heteroatoms. The van der Waals surface area contributed by atoms with Crippen LogP contribution in [0.15, 0.2) is 97.3 Å². The molecule has 5 rings (SSSR count). The summed E-state index contributed by atoms with van der Waals surface area (Å²) in [5, 5.41) is 0. The molecule has 0 bridgehead atoms. The van der Waals surface area contributed by atoms with Crippen LogP contribution in [0, 0.1) is 24.0 Å². The zero-order chi connectivity index (χ0) is 26.5. The van der Waals surface area contributed by atoms with Crippen molar-refractivity contribution >= 4 is 0 Å². The van der Waals surface area contributed by atoms with Gasteiger partial charge in [-0.05, 0) is 36.8 Å². The second-order valence-corrected chi connectivity index (χ2v) is 10.8. The molecular formula is C36H34N2Pt. The van der Waals surface area contributed by atoms with Crippen molar-refractivity contribution in [3.05, 3.63) is 121 Å². The van der Waals surface area contributed by atoms with Crippen LogP contribution in [0.4, 0.5) is 0 Å².